The molecule has 0 spiro atoms. The van der Waals surface area contributed by atoms with Gasteiger partial charge in [0.05, 0.1) is 27.2 Å². The van der Waals surface area contributed by atoms with Crippen molar-refractivity contribution in [3.05, 3.63) is 12.3 Å². The molecule has 0 aliphatic carbocycles. The van der Waals surface area contributed by atoms with Gasteiger partial charge in [-0.05, 0) is 6.92 Å². The molecular weight excluding hydrogens is 140 g/mol. The third-order valence-electron chi connectivity index (χ3n) is 1.02. The Hall–Kier alpha value is -0.830. The largest absolute Gasteiger partial charge is 0.353 e. The van der Waals surface area contributed by atoms with E-state index in [1.807, 2.05) is 34.3 Å². The molecule has 0 saturated heterocycles. The number of quaternary nitrogens is 1. The first-order chi connectivity index (χ1) is 4.95. The summed E-state index contributed by atoms with van der Waals surface area (Å²) in [6.07, 6.45) is 3.40. The van der Waals surface area contributed by atoms with Crippen LogP contribution in [-0.4, -0.2) is 38.1 Å². The van der Waals surface area contributed by atoms with Gasteiger partial charge >= 0.3 is 0 Å². The van der Waals surface area contributed by atoms with Crippen LogP contribution in [-0.2, 0) is 4.79 Å². The van der Waals surface area contributed by atoms with Gasteiger partial charge < -0.3 is 9.80 Å². The summed E-state index contributed by atoms with van der Waals surface area (Å²) in [6, 6.07) is 0. The van der Waals surface area contributed by atoms with Gasteiger partial charge in [-0.3, -0.25) is 4.79 Å². The van der Waals surface area contributed by atoms with Crippen LogP contribution in [0.1, 0.15) is 6.92 Å². The number of amides is 1. The molecule has 0 aliphatic heterocycles. The summed E-state index contributed by atoms with van der Waals surface area (Å²) >= 11 is 0. The van der Waals surface area contributed by atoms with E-state index in [9.17, 15) is 4.79 Å². The Kier molecular flexibility index (Phi) is 3.82. The van der Waals surface area contributed by atoms with Gasteiger partial charge in [0, 0.05) is 6.54 Å². The number of nitrogens with one attached hydrogen (secondary N) is 1. The van der Waals surface area contributed by atoms with E-state index in [-0.39, 0.29) is 5.91 Å². The molecule has 0 atom stereocenters. The third kappa shape index (κ3) is 7.06. The van der Waals surface area contributed by atoms with E-state index in [0.717, 1.165) is 0 Å². The molecule has 0 rings (SSSR count). The van der Waals surface area contributed by atoms with Crippen molar-refractivity contribution in [1.82, 2.24) is 5.32 Å². The number of hydrogen-bond donors (Lipinski definition) is 1. The van der Waals surface area contributed by atoms with Crippen LogP contribution in [0, 0.1) is 0 Å². The average molecular weight is 157 g/mol. The molecule has 1 N–H and O–H groups in total. The predicted octanol–water partition coefficient (Wildman–Crippen LogP) is 0.342. The van der Waals surface area contributed by atoms with Gasteiger partial charge in [-0.25, -0.2) is 0 Å². The van der Waals surface area contributed by atoms with Crippen molar-refractivity contribution in [3.8, 4) is 0 Å². The van der Waals surface area contributed by atoms with E-state index in [1.165, 1.54) is 0 Å². The fourth-order valence-corrected chi connectivity index (χ4v) is 0.524. The van der Waals surface area contributed by atoms with Crippen LogP contribution in [0.15, 0.2) is 12.3 Å². The Morgan fingerprint density at radius 2 is 2.00 bits per heavy atom. The van der Waals surface area contributed by atoms with Gasteiger partial charge in [-0.1, -0.05) is 0 Å². The lowest BCUT2D eigenvalue weighted by Crippen LogP contribution is -2.28. The normalized spacial score (nSPS) is 12.0. The van der Waals surface area contributed by atoms with Gasteiger partial charge in [-0.15, -0.1) is 0 Å². The van der Waals surface area contributed by atoms with Crippen molar-refractivity contribution in [1.29, 1.82) is 0 Å². The van der Waals surface area contributed by atoms with E-state index < -0.39 is 0 Å². The van der Waals surface area contributed by atoms with Crippen molar-refractivity contribution in [3.63, 3.8) is 0 Å². The third-order valence-corrected chi connectivity index (χ3v) is 1.02. The number of likely N-dealkylation sites (N-methyl/N-ethyl adjacent to an activating group) is 1. The van der Waals surface area contributed by atoms with Crippen molar-refractivity contribution < 1.29 is 9.28 Å². The number of rotatable bonds is 3. The van der Waals surface area contributed by atoms with E-state index in [2.05, 4.69) is 5.32 Å². The molecule has 0 aliphatic rings. The van der Waals surface area contributed by atoms with Crippen molar-refractivity contribution in [2.24, 2.45) is 0 Å². The van der Waals surface area contributed by atoms with Crippen LogP contribution >= 0.6 is 0 Å². The molecule has 3 heteroatoms. The Morgan fingerprint density at radius 3 is 2.36 bits per heavy atom. The number of carbonyl (C=O) groups is 1. The maximum Gasteiger partial charge on any atom is 0.249 e. The second-order valence-corrected chi connectivity index (χ2v) is 3.33. The molecular formula is C8H17N2O+. The van der Waals surface area contributed by atoms with Crippen molar-refractivity contribution in [2.75, 3.05) is 27.7 Å². The molecule has 0 aromatic carbocycles. The first-order valence-electron chi connectivity index (χ1n) is 3.74. The summed E-state index contributed by atoms with van der Waals surface area (Å²) in [5.41, 5.74) is 0. The molecule has 64 valence electrons. The maximum absolute atomic E-state index is 10.9. The van der Waals surface area contributed by atoms with Crippen LogP contribution in [0.3, 0.4) is 0 Å². The lowest BCUT2D eigenvalue weighted by Gasteiger charge is -2.16. The zero-order valence-corrected chi connectivity index (χ0v) is 7.72. The Labute approximate surface area is 68.3 Å². The summed E-state index contributed by atoms with van der Waals surface area (Å²) in [5.74, 6) is -0.0273. The van der Waals surface area contributed by atoms with Crippen LogP contribution in [0.5, 0.6) is 0 Å². The molecule has 1 amide bonds. The summed E-state index contributed by atoms with van der Waals surface area (Å²) in [6.45, 7) is 2.58. The van der Waals surface area contributed by atoms with Crippen LogP contribution in [0.4, 0.5) is 0 Å². The predicted molar refractivity (Wildman–Crippen MR) is 45.9 cm³/mol. The van der Waals surface area contributed by atoms with E-state index in [4.69, 9.17) is 0 Å². The van der Waals surface area contributed by atoms with Crippen LogP contribution in [0.2, 0.25) is 0 Å². The van der Waals surface area contributed by atoms with Crippen LogP contribution in [0.25, 0.3) is 0 Å². The second kappa shape index (κ2) is 4.13. The fraction of sp³-hybridized carbons (Fsp3) is 0.625. The molecule has 0 radical (unpaired) electrons. The lowest BCUT2D eigenvalue weighted by atomic mass is 10.5. The summed E-state index contributed by atoms with van der Waals surface area (Å²) < 4.78 is 0.664. The molecule has 3 nitrogen and oxygen atoms in total. The molecule has 0 aromatic heterocycles. The molecule has 0 aromatic rings. The highest BCUT2D eigenvalue weighted by atomic mass is 16.1. The Balaban J connectivity index is 3.83. The highest BCUT2D eigenvalue weighted by Gasteiger charge is 2.01. The highest BCUT2D eigenvalue weighted by Crippen LogP contribution is 1.90. The second-order valence-electron chi connectivity index (χ2n) is 3.33. The first kappa shape index (κ1) is 10.2. The standard InChI is InChI=1S/C8H16N2O/c1-5-9-8(11)6-7-10(2,3)4/h6-7H,5H2,1-4H3/p+1/b7-6-. The summed E-state index contributed by atoms with van der Waals surface area (Å²) in [4.78, 5) is 10.9. The zero-order chi connectivity index (χ0) is 8.91. The molecule has 11 heavy (non-hydrogen) atoms. The quantitative estimate of drug-likeness (QED) is 0.464. The SMILES string of the molecule is CCNC(=O)/C=C\[N+](C)(C)C. The van der Waals surface area contributed by atoms with E-state index in [1.54, 1.807) is 6.08 Å². The van der Waals surface area contributed by atoms with E-state index in [0.29, 0.717) is 11.0 Å². The Morgan fingerprint density at radius 1 is 1.45 bits per heavy atom. The average Bonchev–Trinajstić information content (AvgIpc) is 1.83. The minimum Gasteiger partial charge on any atom is -0.353 e. The van der Waals surface area contributed by atoms with Crippen molar-refractivity contribution >= 4 is 5.91 Å². The zero-order valence-electron chi connectivity index (χ0n) is 7.72. The van der Waals surface area contributed by atoms with Gasteiger partial charge in [0.15, 0.2) is 0 Å². The first-order valence-corrected chi connectivity index (χ1v) is 3.74. The molecule has 0 unspecified atom stereocenters. The molecule has 0 bridgehead atoms. The van der Waals surface area contributed by atoms with Gasteiger partial charge in [0.2, 0.25) is 5.91 Å². The number of nitrogens with zero attached hydrogens (tertiary/aromatic N) is 1. The smallest absolute Gasteiger partial charge is 0.249 e. The van der Waals surface area contributed by atoms with Gasteiger partial charge in [0.25, 0.3) is 0 Å². The highest BCUT2D eigenvalue weighted by molar-refractivity contribution is 5.87. The van der Waals surface area contributed by atoms with E-state index >= 15 is 0 Å². The lowest BCUT2D eigenvalue weighted by molar-refractivity contribution is -0.817. The maximum atomic E-state index is 10.9. The molecule has 0 fully saturated rings. The number of carbonyl (C=O) groups excluding carboxylic acids is 1. The van der Waals surface area contributed by atoms with Crippen molar-refractivity contribution in [2.45, 2.75) is 6.92 Å². The van der Waals surface area contributed by atoms with Gasteiger partial charge in [-0.2, -0.15) is 0 Å². The topological polar surface area (TPSA) is 29.1 Å². The molecule has 0 saturated carbocycles. The summed E-state index contributed by atoms with van der Waals surface area (Å²) in [5, 5.41) is 2.68. The minimum atomic E-state index is -0.0273. The van der Waals surface area contributed by atoms with Gasteiger partial charge in [0.1, 0.15) is 6.20 Å². The number of hydrogen-bond acceptors (Lipinski definition) is 1. The fourth-order valence-electron chi connectivity index (χ4n) is 0.524. The Bertz CT molecular complexity index is 156. The van der Waals surface area contributed by atoms with Crippen LogP contribution < -0.4 is 5.32 Å². The summed E-state index contributed by atoms with van der Waals surface area (Å²) in [7, 11) is 5.99. The minimum absolute atomic E-state index is 0.0273. The monoisotopic (exact) mass is 157 g/mol. The molecule has 0 heterocycles.